The first-order valence-corrected chi connectivity index (χ1v) is 11.3. The van der Waals surface area contributed by atoms with Gasteiger partial charge in [0.15, 0.2) is 0 Å². The maximum Gasteiger partial charge on any atom is 0.254 e. The van der Waals surface area contributed by atoms with Gasteiger partial charge in [0.2, 0.25) is 5.91 Å². The number of para-hydroxylation sites is 1. The lowest BCUT2D eigenvalue weighted by atomic mass is 9.99. The van der Waals surface area contributed by atoms with E-state index in [1.165, 1.54) is 5.69 Å². The summed E-state index contributed by atoms with van der Waals surface area (Å²) in [4.78, 5) is 35.3. The van der Waals surface area contributed by atoms with Crippen molar-refractivity contribution in [2.75, 3.05) is 25.0 Å². The third-order valence-corrected chi connectivity index (χ3v) is 6.16. The van der Waals surface area contributed by atoms with Gasteiger partial charge in [-0.1, -0.05) is 48.5 Å². The molecule has 0 aliphatic heterocycles. The van der Waals surface area contributed by atoms with Crippen molar-refractivity contribution in [3.05, 3.63) is 82.3 Å². The molecule has 0 radical (unpaired) electrons. The number of H-pyrrole nitrogens is 1. The third kappa shape index (κ3) is 5.25. The molecule has 0 saturated carbocycles. The van der Waals surface area contributed by atoms with E-state index in [9.17, 15) is 9.59 Å². The Morgan fingerprint density at radius 1 is 1.06 bits per heavy atom. The zero-order valence-electron chi connectivity index (χ0n) is 18.5. The van der Waals surface area contributed by atoms with Gasteiger partial charge in [0.25, 0.3) is 5.56 Å². The van der Waals surface area contributed by atoms with E-state index in [0.29, 0.717) is 38.1 Å². The number of fused-ring (bicyclic) bond motifs is 1. The Morgan fingerprint density at radius 3 is 2.50 bits per heavy atom. The number of hydrogen-bond donors (Lipinski definition) is 2. The minimum Gasteiger partial charge on any atom is -0.375 e. The Kier molecular flexibility index (Phi) is 7.00. The van der Waals surface area contributed by atoms with Gasteiger partial charge in [-0.05, 0) is 44.2 Å². The Bertz CT molecular complexity index is 1100. The Morgan fingerprint density at radius 2 is 1.75 bits per heavy atom. The van der Waals surface area contributed by atoms with Gasteiger partial charge in [-0.25, -0.2) is 4.98 Å². The van der Waals surface area contributed by atoms with Gasteiger partial charge >= 0.3 is 0 Å². The van der Waals surface area contributed by atoms with E-state index >= 15 is 0 Å². The van der Waals surface area contributed by atoms with Crippen LogP contribution in [-0.2, 0) is 17.6 Å². The molecular formula is C26H30N4O2. The molecule has 2 aromatic carbocycles. The molecule has 166 valence electrons. The second-order valence-corrected chi connectivity index (χ2v) is 8.38. The molecule has 32 heavy (non-hydrogen) atoms. The predicted octanol–water partition coefficient (Wildman–Crippen LogP) is 3.57. The van der Waals surface area contributed by atoms with Crippen molar-refractivity contribution in [1.29, 1.82) is 0 Å². The fraction of sp³-hybridized carbons (Fsp3) is 0.346. The molecular weight excluding hydrogens is 400 g/mol. The molecule has 1 aliphatic carbocycles. The summed E-state index contributed by atoms with van der Waals surface area (Å²) in [5.74, 6) is 0.593. The van der Waals surface area contributed by atoms with Crippen LogP contribution in [0.25, 0.3) is 11.4 Å². The van der Waals surface area contributed by atoms with Crippen LogP contribution in [0.1, 0.15) is 30.5 Å². The van der Waals surface area contributed by atoms with Crippen LogP contribution in [0.2, 0.25) is 0 Å². The molecule has 1 aliphatic rings. The number of anilines is 1. The molecule has 0 fully saturated rings. The van der Waals surface area contributed by atoms with Gasteiger partial charge < -0.3 is 15.2 Å². The normalized spacial score (nSPS) is 15.5. The first-order chi connectivity index (χ1) is 15.6. The number of rotatable bonds is 7. The number of amides is 1. The van der Waals surface area contributed by atoms with E-state index < -0.39 is 0 Å². The van der Waals surface area contributed by atoms with E-state index in [1.54, 1.807) is 0 Å². The standard InChI is InChI=1S/C26H30N4O2/c1-30(21-11-6-3-7-12-21)18-8-17-27-25(31)20-13-15-22-23(16-14-20)28-24(29-26(22)32)19-9-4-2-5-10-19/h2-7,9-12,20H,8,13-18H2,1H3,(H,27,31)(H,28,29,32). The molecule has 1 aromatic heterocycles. The summed E-state index contributed by atoms with van der Waals surface area (Å²) in [6.07, 6.45) is 3.51. The Hall–Kier alpha value is -3.41. The van der Waals surface area contributed by atoms with Gasteiger partial charge in [-0.15, -0.1) is 0 Å². The lowest BCUT2D eigenvalue weighted by Crippen LogP contribution is -2.33. The molecule has 1 heterocycles. The second kappa shape index (κ2) is 10.3. The maximum absolute atomic E-state index is 12.8. The summed E-state index contributed by atoms with van der Waals surface area (Å²) in [6, 6.07) is 19.9. The molecule has 0 saturated heterocycles. The summed E-state index contributed by atoms with van der Waals surface area (Å²) >= 11 is 0. The summed E-state index contributed by atoms with van der Waals surface area (Å²) in [5, 5.41) is 3.09. The molecule has 6 nitrogen and oxygen atoms in total. The highest BCUT2D eigenvalue weighted by molar-refractivity contribution is 5.78. The second-order valence-electron chi connectivity index (χ2n) is 8.38. The van der Waals surface area contributed by atoms with Gasteiger partial charge in [0.05, 0.1) is 5.69 Å². The molecule has 1 atom stereocenters. The highest BCUT2D eigenvalue weighted by Gasteiger charge is 2.25. The van der Waals surface area contributed by atoms with Crippen molar-refractivity contribution in [2.24, 2.45) is 5.92 Å². The molecule has 3 aromatic rings. The third-order valence-electron chi connectivity index (χ3n) is 6.16. The lowest BCUT2D eigenvalue weighted by molar-refractivity contribution is -0.125. The van der Waals surface area contributed by atoms with Crippen LogP contribution in [0, 0.1) is 5.92 Å². The van der Waals surface area contributed by atoms with Crippen LogP contribution >= 0.6 is 0 Å². The zero-order chi connectivity index (χ0) is 22.3. The van der Waals surface area contributed by atoms with Gasteiger partial charge in [-0.3, -0.25) is 9.59 Å². The first-order valence-electron chi connectivity index (χ1n) is 11.3. The van der Waals surface area contributed by atoms with Gasteiger partial charge in [-0.2, -0.15) is 0 Å². The van der Waals surface area contributed by atoms with Crippen molar-refractivity contribution in [3.8, 4) is 11.4 Å². The molecule has 0 spiro atoms. The Balaban J connectivity index is 1.31. The lowest BCUT2D eigenvalue weighted by Gasteiger charge is -2.20. The Labute approximate surface area is 188 Å². The summed E-state index contributed by atoms with van der Waals surface area (Å²) in [6.45, 7) is 1.53. The van der Waals surface area contributed by atoms with Crippen molar-refractivity contribution < 1.29 is 4.79 Å². The van der Waals surface area contributed by atoms with Crippen LogP contribution in [0.3, 0.4) is 0 Å². The first kappa shape index (κ1) is 21.8. The summed E-state index contributed by atoms with van der Waals surface area (Å²) < 4.78 is 0. The molecule has 0 bridgehead atoms. The van der Waals surface area contributed by atoms with Gasteiger partial charge in [0.1, 0.15) is 5.82 Å². The van der Waals surface area contributed by atoms with Crippen LogP contribution in [0.4, 0.5) is 5.69 Å². The van der Waals surface area contributed by atoms with Crippen LogP contribution in [0.15, 0.2) is 65.5 Å². The van der Waals surface area contributed by atoms with E-state index in [2.05, 4.69) is 34.4 Å². The van der Waals surface area contributed by atoms with Crippen LogP contribution in [-0.4, -0.2) is 36.0 Å². The van der Waals surface area contributed by atoms with E-state index in [1.807, 2.05) is 48.5 Å². The summed E-state index contributed by atoms with van der Waals surface area (Å²) in [7, 11) is 2.06. The number of carbonyl (C=O) groups excluding carboxylic acids is 1. The number of nitrogens with one attached hydrogen (secondary N) is 2. The number of carbonyl (C=O) groups is 1. The molecule has 4 rings (SSSR count). The maximum atomic E-state index is 12.8. The molecule has 1 amide bonds. The average Bonchev–Trinajstić information content (AvgIpc) is 3.06. The highest BCUT2D eigenvalue weighted by Crippen LogP contribution is 2.23. The van der Waals surface area contributed by atoms with E-state index in [4.69, 9.17) is 4.98 Å². The fourth-order valence-electron chi connectivity index (χ4n) is 4.26. The number of hydrogen-bond acceptors (Lipinski definition) is 4. The number of aryl methyl sites for hydroxylation is 1. The van der Waals surface area contributed by atoms with Crippen LogP contribution < -0.4 is 15.8 Å². The number of aromatic amines is 1. The van der Waals surface area contributed by atoms with Gasteiger partial charge in [0, 0.05) is 42.9 Å². The number of aromatic nitrogens is 2. The molecule has 2 N–H and O–H groups in total. The SMILES string of the molecule is CN(CCCNC(=O)C1CCc2nc(-c3ccccc3)[nH]c(=O)c2CC1)c1ccccc1. The smallest absolute Gasteiger partial charge is 0.254 e. The minimum absolute atomic E-state index is 0.0832. The quantitative estimate of drug-likeness (QED) is 0.444. The van der Waals surface area contributed by atoms with E-state index in [0.717, 1.165) is 29.8 Å². The number of benzene rings is 2. The zero-order valence-corrected chi connectivity index (χ0v) is 18.5. The topological polar surface area (TPSA) is 78.1 Å². The average molecular weight is 431 g/mol. The van der Waals surface area contributed by atoms with Crippen molar-refractivity contribution in [2.45, 2.75) is 32.1 Å². The monoisotopic (exact) mass is 430 g/mol. The largest absolute Gasteiger partial charge is 0.375 e. The van der Waals surface area contributed by atoms with Crippen molar-refractivity contribution >= 4 is 11.6 Å². The van der Waals surface area contributed by atoms with Crippen LogP contribution in [0.5, 0.6) is 0 Å². The van der Waals surface area contributed by atoms with Crippen molar-refractivity contribution in [1.82, 2.24) is 15.3 Å². The van der Waals surface area contributed by atoms with Crippen molar-refractivity contribution in [3.63, 3.8) is 0 Å². The fourth-order valence-corrected chi connectivity index (χ4v) is 4.26. The van der Waals surface area contributed by atoms with E-state index in [-0.39, 0.29) is 17.4 Å². The molecule has 6 heteroatoms. The number of nitrogens with zero attached hydrogens (tertiary/aromatic N) is 2. The minimum atomic E-state index is -0.0874. The summed E-state index contributed by atoms with van der Waals surface area (Å²) in [5.41, 5.74) is 3.54. The molecule has 1 unspecified atom stereocenters. The highest BCUT2D eigenvalue weighted by atomic mass is 16.2. The predicted molar refractivity (Wildman–Crippen MR) is 128 cm³/mol.